The average Bonchev–Trinajstić information content (AvgIpc) is 2.83. The van der Waals surface area contributed by atoms with Crippen LogP contribution in [0.25, 0.3) is 0 Å². The number of rotatable bonds is 4. The van der Waals surface area contributed by atoms with Gasteiger partial charge in [0, 0.05) is 18.3 Å². The van der Waals surface area contributed by atoms with Crippen molar-refractivity contribution in [1.82, 2.24) is 20.1 Å². The van der Waals surface area contributed by atoms with Gasteiger partial charge in [-0.2, -0.15) is 11.8 Å². The lowest BCUT2D eigenvalue weighted by Crippen LogP contribution is -2.34. The molecule has 84 valence electrons. The number of aromatic nitrogens is 3. The highest BCUT2D eigenvalue weighted by atomic mass is 32.2. The number of thioether (sulfide) groups is 1. The van der Waals surface area contributed by atoms with E-state index in [2.05, 4.69) is 21.8 Å². The number of nitrogens with zero attached hydrogens (tertiary/aromatic N) is 3. The molecule has 1 N–H and O–H groups in total. The minimum Gasteiger partial charge on any atom is -0.320 e. The second kappa shape index (κ2) is 4.99. The lowest BCUT2D eigenvalue weighted by molar-refractivity contribution is 0.513. The first-order valence-corrected chi connectivity index (χ1v) is 6.69. The van der Waals surface area contributed by atoms with Crippen LogP contribution in [0.3, 0.4) is 0 Å². The summed E-state index contributed by atoms with van der Waals surface area (Å²) in [7, 11) is 1.98. The first-order chi connectivity index (χ1) is 7.31. The Hall–Kier alpha value is -0.550. The number of hydrogen-bond acceptors (Lipinski definition) is 4. The first kappa shape index (κ1) is 11.0. The van der Waals surface area contributed by atoms with Crippen molar-refractivity contribution in [3.05, 3.63) is 12.2 Å². The monoisotopic (exact) mass is 226 g/mol. The molecule has 2 unspecified atom stereocenters. The average molecular weight is 226 g/mol. The van der Waals surface area contributed by atoms with Crippen molar-refractivity contribution in [3.63, 3.8) is 0 Å². The fourth-order valence-electron chi connectivity index (χ4n) is 2.13. The van der Waals surface area contributed by atoms with Crippen molar-refractivity contribution in [1.29, 1.82) is 0 Å². The Morgan fingerprint density at radius 1 is 1.60 bits per heavy atom. The quantitative estimate of drug-likeness (QED) is 0.837. The summed E-state index contributed by atoms with van der Waals surface area (Å²) in [5.41, 5.74) is 0. The van der Waals surface area contributed by atoms with Gasteiger partial charge >= 0.3 is 0 Å². The summed E-state index contributed by atoms with van der Waals surface area (Å²) in [5.74, 6) is 1.02. The zero-order valence-corrected chi connectivity index (χ0v) is 10.1. The van der Waals surface area contributed by atoms with Gasteiger partial charge in [0.15, 0.2) is 0 Å². The van der Waals surface area contributed by atoms with Gasteiger partial charge in [0.25, 0.3) is 0 Å². The van der Waals surface area contributed by atoms with Crippen molar-refractivity contribution in [2.75, 3.05) is 6.26 Å². The molecule has 0 saturated heterocycles. The van der Waals surface area contributed by atoms with Gasteiger partial charge in [0.2, 0.25) is 0 Å². The number of hydrogen-bond donors (Lipinski definition) is 1. The molecule has 4 nitrogen and oxygen atoms in total. The van der Waals surface area contributed by atoms with E-state index in [1.807, 2.05) is 23.4 Å². The summed E-state index contributed by atoms with van der Waals surface area (Å²) in [6.07, 6.45) is 7.94. The van der Waals surface area contributed by atoms with E-state index >= 15 is 0 Å². The fraction of sp³-hybridized carbons (Fsp3) is 0.800. The maximum Gasteiger partial charge on any atom is 0.146 e. The molecular formula is C10H18N4S. The summed E-state index contributed by atoms with van der Waals surface area (Å²) in [6.45, 7) is 0.832. The van der Waals surface area contributed by atoms with E-state index in [0.29, 0.717) is 6.04 Å². The molecule has 2 atom stereocenters. The minimum absolute atomic E-state index is 0.650. The highest BCUT2D eigenvalue weighted by molar-refractivity contribution is 7.99. The van der Waals surface area contributed by atoms with Crippen LogP contribution in [-0.2, 0) is 13.6 Å². The van der Waals surface area contributed by atoms with Crippen LogP contribution < -0.4 is 5.32 Å². The second-order valence-electron chi connectivity index (χ2n) is 4.05. The summed E-state index contributed by atoms with van der Waals surface area (Å²) in [4.78, 5) is 0. The normalized spacial score (nSPS) is 26.0. The molecule has 0 aromatic carbocycles. The highest BCUT2D eigenvalue weighted by Crippen LogP contribution is 2.28. The molecule has 0 radical (unpaired) electrons. The standard InChI is InChI=1S/C10H18N4S/c1-14-7-12-13-10(14)6-11-8-4-3-5-9(8)15-2/h7-9,11H,3-6H2,1-2H3. The maximum absolute atomic E-state index is 4.07. The molecule has 5 heteroatoms. The van der Waals surface area contributed by atoms with E-state index in [1.54, 1.807) is 6.33 Å². The molecule has 1 aromatic heterocycles. The predicted molar refractivity (Wildman–Crippen MR) is 62.8 cm³/mol. The summed E-state index contributed by atoms with van der Waals surface area (Å²) in [6, 6.07) is 0.650. The third-order valence-electron chi connectivity index (χ3n) is 3.08. The molecule has 0 amide bonds. The van der Waals surface area contributed by atoms with Crippen LogP contribution in [0.4, 0.5) is 0 Å². The summed E-state index contributed by atoms with van der Waals surface area (Å²) >= 11 is 1.98. The SMILES string of the molecule is CSC1CCCC1NCc1nncn1C. The van der Waals surface area contributed by atoms with Gasteiger partial charge in [0.05, 0.1) is 6.54 Å². The molecule has 2 rings (SSSR count). The lowest BCUT2D eigenvalue weighted by atomic mass is 10.2. The largest absolute Gasteiger partial charge is 0.320 e. The minimum atomic E-state index is 0.650. The van der Waals surface area contributed by atoms with Crippen LogP contribution in [0, 0.1) is 0 Å². The Morgan fingerprint density at radius 3 is 3.13 bits per heavy atom. The molecule has 0 aliphatic heterocycles. The van der Waals surface area contributed by atoms with Crippen LogP contribution in [0.1, 0.15) is 25.1 Å². The number of nitrogens with one attached hydrogen (secondary N) is 1. The Labute approximate surface area is 94.8 Å². The van der Waals surface area contributed by atoms with E-state index in [4.69, 9.17) is 0 Å². The Morgan fingerprint density at radius 2 is 2.47 bits per heavy atom. The molecule has 1 aromatic rings. The molecule has 0 bridgehead atoms. The van der Waals surface area contributed by atoms with Gasteiger partial charge in [-0.25, -0.2) is 0 Å². The first-order valence-electron chi connectivity index (χ1n) is 5.40. The highest BCUT2D eigenvalue weighted by Gasteiger charge is 2.25. The van der Waals surface area contributed by atoms with Gasteiger partial charge in [-0.1, -0.05) is 6.42 Å². The second-order valence-corrected chi connectivity index (χ2v) is 5.13. The van der Waals surface area contributed by atoms with Crippen molar-refractivity contribution >= 4 is 11.8 Å². The van der Waals surface area contributed by atoms with Gasteiger partial charge < -0.3 is 9.88 Å². The van der Waals surface area contributed by atoms with Gasteiger partial charge in [-0.3, -0.25) is 0 Å². The molecule has 15 heavy (non-hydrogen) atoms. The third-order valence-corrected chi connectivity index (χ3v) is 4.25. The molecular weight excluding hydrogens is 208 g/mol. The molecule has 1 saturated carbocycles. The Kier molecular flexibility index (Phi) is 3.64. The zero-order valence-electron chi connectivity index (χ0n) is 9.31. The van der Waals surface area contributed by atoms with E-state index in [1.165, 1.54) is 19.3 Å². The lowest BCUT2D eigenvalue weighted by Gasteiger charge is -2.18. The van der Waals surface area contributed by atoms with Crippen LogP contribution in [0.15, 0.2) is 6.33 Å². The van der Waals surface area contributed by atoms with Crippen molar-refractivity contribution < 1.29 is 0 Å². The van der Waals surface area contributed by atoms with E-state index in [9.17, 15) is 0 Å². The molecule has 1 fully saturated rings. The maximum atomic E-state index is 4.07. The predicted octanol–water partition coefficient (Wildman–Crippen LogP) is 1.19. The van der Waals surface area contributed by atoms with Crippen molar-refractivity contribution in [3.8, 4) is 0 Å². The van der Waals surface area contributed by atoms with Crippen LogP contribution >= 0.6 is 11.8 Å². The van der Waals surface area contributed by atoms with Gasteiger partial charge in [0.1, 0.15) is 12.2 Å². The smallest absolute Gasteiger partial charge is 0.146 e. The molecule has 1 heterocycles. The Bertz CT molecular complexity index is 312. The molecule has 1 aliphatic rings. The zero-order chi connectivity index (χ0) is 10.7. The molecule has 1 aliphatic carbocycles. The van der Waals surface area contributed by atoms with Gasteiger partial charge in [-0.05, 0) is 19.1 Å². The van der Waals surface area contributed by atoms with E-state index in [-0.39, 0.29) is 0 Å². The van der Waals surface area contributed by atoms with E-state index in [0.717, 1.165) is 17.6 Å². The van der Waals surface area contributed by atoms with Gasteiger partial charge in [-0.15, -0.1) is 10.2 Å². The topological polar surface area (TPSA) is 42.7 Å². The summed E-state index contributed by atoms with van der Waals surface area (Å²) < 4.78 is 1.97. The van der Waals surface area contributed by atoms with Crippen LogP contribution in [0.5, 0.6) is 0 Å². The Balaban J connectivity index is 1.85. The van der Waals surface area contributed by atoms with Crippen LogP contribution in [-0.4, -0.2) is 32.3 Å². The van der Waals surface area contributed by atoms with Crippen molar-refractivity contribution in [2.45, 2.75) is 37.1 Å². The number of aryl methyl sites for hydroxylation is 1. The van der Waals surface area contributed by atoms with Crippen LogP contribution in [0.2, 0.25) is 0 Å². The summed E-state index contributed by atoms with van der Waals surface area (Å²) in [5, 5.41) is 12.3. The molecule has 0 spiro atoms. The van der Waals surface area contributed by atoms with E-state index < -0.39 is 0 Å². The fourth-order valence-corrected chi connectivity index (χ4v) is 3.09. The van der Waals surface area contributed by atoms with Crippen molar-refractivity contribution in [2.24, 2.45) is 7.05 Å². The third kappa shape index (κ3) is 2.52.